The summed E-state index contributed by atoms with van der Waals surface area (Å²) in [6, 6.07) is 8.10. The maximum atomic E-state index is 10.1. The van der Waals surface area contributed by atoms with Gasteiger partial charge in [0.15, 0.2) is 0 Å². The number of rotatable bonds is 5. The topological polar surface area (TPSA) is 38.7 Å². The van der Waals surface area contributed by atoms with E-state index in [9.17, 15) is 5.11 Å². The smallest absolute Gasteiger partial charge is 0.125 e. The van der Waals surface area contributed by atoms with Crippen molar-refractivity contribution in [2.45, 2.75) is 51.7 Å². The quantitative estimate of drug-likeness (QED) is 0.899. The standard InChI is InChI=1S/C17H26O3/c1-17(2)10-8-15(18)16(12-17)20-14-6-4-13(5-7-14)9-11-19-3/h4-7,15-16,18H,8-12H2,1-3H3. The van der Waals surface area contributed by atoms with Crippen molar-refractivity contribution < 1.29 is 14.6 Å². The lowest BCUT2D eigenvalue weighted by molar-refractivity contribution is -0.0304. The van der Waals surface area contributed by atoms with Crippen LogP contribution in [0, 0.1) is 5.41 Å². The molecule has 1 aromatic rings. The fourth-order valence-electron chi connectivity index (χ4n) is 2.76. The molecular formula is C17H26O3. The SMILES string of the molecule is COCCc1ccc(OC2CC(C)(C)CCC2O)cc1. The lowest BCUT2D eigenvalue weighted by Crippen LogP contribution is -2.41. The van der Waals surface area contributed by atoms with Crippen molar-refractivity contribution in [2.24, 2.45) is 5.41 Å². The Hall–Kier alpha value is -1.06. The third-order valence-electron chi connectivity index (χ3n) is 4.11. The summed E-state index contributed by atoms with van der Waals surface area (Å²) in [7, 11) is 1.71. The Kier molecular flexibility index (Phi) is 5.06. The molecule has 0 aliphatic heterocycles. The summed E-state index contributed by atoms with van der Waals surface area (Å²) < 4.78 is 11.1. The molecule has 0 saturated heterocycles. The van der Waals surface area contributed by atoms with Crippen molar-refractivity contribution >= 4 is 0 Å². The molecule has 0 spiro atoms. The predicted molar refractivity (Wildman–Crippen MR) is 80.1 cm³/mol. The first-order valence-corrected chi connectivity index (χ1v) is 7.43. The Morgan fingerprint density at radius 2 is 1.95 bits per heavy atom. The van der Waals surface area contributed by atoms with Crippen LogP contribution in [-0.4, -0.2) is 31.0 Å². The van der Waals surface area contributed by atoms with Crippen LogP contribution in [0.3, 0.4) is 0 Å². The van der Waals surface area contributed by atoms with Crippen LogP contribution in [0.25, 0.3) is 0 Å². The molecule has 1 N–H and O–H groups in total. The number of aliphatic hydroxyl groups excluding tert-OH is 1. The lowest BCUT2D eigenvalue weighted by Gasteiger charge is -2.38. The van der Waals surface area contributed by atoms with Gasteiger partial charge in [0.25, 0.3) is 0 Å². The summed E-state index contributed by atoms with van der Waals surface area (Å²) in [6.07, 6.45) is 3.25. The van der Waals surface area contributed by atoms with Crippen molar-refractivity contribution in [2.75, 3.05) is 13.7 Å². The molecule has 112 valence electrons. The fraction of sp³-hybridized carbons (Fsp3) is 0.647. The van der Waals surface area contributed by atoms with E-state index >= 15 is 0 Å². The molecule has 0 amide bonds. The van der Waals surface area contributed by atoms with Crippen LogP contribution in [0.2, 0.25) is 0 Å². The molecule has 0 heterocycles. The first kappa shape index (κ1) is 15.3. The van der Waals surface area contributed by atoms with Gasteiger partial charge in [-0.05, 0) is 48.8 Å². The van der Waals surface area contributed by atoms with Crippen molar-refractivity contribution in [1.29, 1.82) is 0 Å². The minimum atomic E-state index is -0.351. The second-order valence-electron chi connectivity index (χ2n) is 6.52. The Morgan fingerprint density at radius 1 is 1.25 bits per heavy atom. The molecule has 3 nitrogen and oxygen atoms in total. The first-order valence-electron chi connectivity index (χ1n) is 7.43. The van der Waals surface area contributed by atoms with Gasteiger partial charge >= 0.3 is 0 Å². The Morgan fingerprint density at radius 3 is 2.60 bits per heavy atom. The van der Waals surface area contributed by atoms with Crippen LogP contribution < -0.4 is 4.74 Å². The molecule has 1 fully saturated rings. The van der Waals surface area contributed by atoms with Crippen molar-refractivity contribution in [3.63, 3.8) is 0 Å². The van der Waals surface area contributed by atoms with E-state index in [0.717, 1.165) is 38.0 Å². The van der Waals surface area contributed by atoms with Crippen LogP contribution in [-0.2, 0) is 11.2 Å². The highest BCUT2D eigenvalue weighted by atomic mass is 16.5. The predicted octanol–water partition coefficient (Wildman–Crippen LogP) is 3.19. The summed E-state index contributed by atoms with van der Waals surface area (Å²) in [4.78, 5) is 0. The minimum absolute atomic E-state index is 0.0939. The molecule has 20 heavy (non-hydrogen) atoms. The number of benzene rings is 1. The van der Waals surface area contributed by atoms with Gasteiger partial charge in [0.05, 0.1) is 12.7 Å². The largest absolute Gasteiger partial charge is 0.488 e. The molecule has 1 saturated carbocycles. The van der Waals surface area contributed by atoms with E-state index in [-0.39, 0.29) is 17.6 Å². The van der Waals surface area contributed by atoms with Gasteiger partial charge in [-0.3, -0.25) is 0 Å². The lowest BCUT2D eigenvalue weighted by atomic mass is 9.75. The summed E-state index contributed by atoms with van der Waals surface area (Å²) in [5.74, 6) is 0.841. The maximum absolute atomic E-state index is 10.1. The summed E-state index contributed by atoms with van der Waals surface area (Å²) in [6.45, 7) is 5.21. The molecule has 1 aromatic carbocycles. The number of hydrogen-bond donors (Lipinski definition) is 1. The van der Waals surface area contributed by atoms with Gasteiger partial charge in [0.1, 0.15) is 11.9 Å². The van der Waals surface area contributed by atoms with Crippen LogP contribution in [0.15, 0.2) is 24.3 Å². The fourth-order valence-corrected chi connectivity index (χ4v) is 2.76. The van der Waals surface area contributed by atoms with Gasteiger partial charge in [0, 0.05) is 7.11 Å². The molecule has 2 atom stereocenters. The van der Waals surface area contributed by atoms with E-state index in [1.165, 1.54) is 5.56 Å². The average Bonchev–Trinajstić information content (AvgIpc) is 2.42. The molecule has 2 unspecified atom stereocenters. The van der Waals surface area contributed by atoms with Gasteiger partial charge in [-0.15, -0.1) is 0 Å². The molecule has 0 aromatic heterocycles. The molecule has 1 aliphatic carbocycles. The summed E-state index contributed by atoms with van der Waals surface area (Å²) >= 11 is 0. The molecule has 3 heteroatoms. The van der Waals surface area contributed by atoms with E-state index in [1.807, 2.05) is 12.1 Å². The second kappa shape index (κ2) is 6.59. The number of hydrogen-bond acceptors (Lipinski definition) is 3. The number of ether oxygens (including phenoxy) is 2. The zero-order valence-corrected chi connectivity index (χ0v) is 12.8. The van der Waals surface area contributed by atoms with Crippen molar-refractivity contribution in [3.8, 4) is 5.75 Å². The van der Waals surface area contributed by atoms with Crippen LogP contribution >= 0.6 is 0 Å². The normalized spacial score (nSPS) is 25.4. The summed E-state index contributed by atoms with van der Waals surface area (Å²) in [5.41, 5.74) is 1.49. The molecular weight excluding hydrogens is 252 g/mol. The summed E-state index contributed by atoms with van der Waals surface area (Å²) in [5, 5.41) is 10.1. The molecule has 1 aliphatic rings. The van der Waals surface area contributed by atoms with E-state index in [0.29, 0.717) is 0 Å². The van der Waals surface area contributed by atoms with Crippen LogP contribution in [0.5, 0.6) is 5.75 Å². The zero-order valence-electron chi connectivity index (χ0n) is 12.8. The molecule has 0 radical (unpaired) electrons. The van der Waals surface area contributed by atoms with Gasteiger partial charge < -0.3 is 14.6 Å². The Bertz CT molecular complexity index is 411. The van der Waals surface area contributed by atoms with Crippen LogP contribution in [0.1, 0.15) is 38.7 Å². The Balaban J connectivity index is 1.95. The monoisotopic (exact) mass is 278 g/mol. The first-order chi connectivity index (χ1) is 9.50. The van der Waals surface area contributed by atoms with Gasteiger partial charge in [-0.2, -0.15) is 0 Å². The van der Waals surface area contributed by atoms with E-state index in [1.54, 1.807) is 7.11 Å². The maximum Gasteiger partial charge on any atom is 0.125 e. The van der Waals surface area contributed by atoms with Gasteiger partial charge in [-0.1, -0.05) is 26.0 Å². The number of methoxy groups -OCH3 is 1. The number of aliphatic hydroxyl groups is 1. The Labute approximate surface area is 121 Å². The highest BCUT2D eigenvalue weighted by molar-refractivity contribution is 5.27. The van der Waals surface area contributed by atoms with Gasteiger partial charge in [-0.25, -0.2) is 0 Å². The minimum Gasteiger partial charge on any atom is -0.488 e. The van der Waals surface area contributed by atoms with E-state index < -0.39 is 0 Å². The highest BCUT2D eigenvalue weighted by Crippen LogP contribution is 2.37. The van der Waals surface area contributed by atoms with E-state index in [2.05, 4.69) is 26.0 Å². The van der Waals surface area contributed by atoms with Crippen molar-refractivity contribution in [1.82, 2.24) is 0 Å². The molecule has 2 rings (SSSR count). The van der Waals surface area contributed by atoms with Crippen LogP contribution in [0.4, 0.5) is 0 Å². The van der Waals surface area contributed by atoms with E-state index in [4.69, 9.17) is 9.47 Å². The third-order valence-corrected chi connectivity index (χ3v) is 4.11. The second-order valence-corrected chi connectivity index (χ2v) is 6.52. The third kappa shape index (κ3) is 4.22. The van der Waals surface area contributed by atoms with Gasteiger partial charge in [0.2, 0.25) is 0 Å². The molecule has 0 bridgehead atoms. The highest BCUT2D eigenvalue weighted by Gasteiger charge is 2.35. The average molecular weight is 278 g/mol. The van der Waals surface area contributed by atoms with Crippen molar-refractivity contribution in [3.05, 3.63) is 29.8 Å². The zero-order chi connectivity index (χ0) is 14.6.